The van der Waals surface area contributed by atoms with Crippen molar-refractivity contribution in [3.63, 3.8) is 0 Å². The minimum Gasteiger partial charge on any atom is -0.392 e. The molecular formula is C11H14ClFN2O2. The predicted molar refractivity (Wildman–Crippen MR) is 63.4 cm³/mol. The van der Waals surface area contributed by atoms with Gasteiger partial charge in [0.05, 0.1) is 11.7 Å². The first-order valence-electron chi connectivity index (χ1n) is 5.08. The summed E-state index contributed by atoms with van der Waals surface area (Å²) in [5.41, 5.74) is 5.42. The Balaban J connectivity index is 2.64. The van der Waals surface area contributed by atoms with Crippen molar-refractivity contribution in [2.45, 2.75) is 19.1 Å². The largest absolute Gasteiger partial charge is 0.392 e. The van der Waals surface area contributed by atoms with Crippen molar-refractivity contribution in [3.8, 4) is 0 Å². The molecule has 0 heterocycles. The minimum atomic E-state index is -0.745. The fourth-order valence-corrected chi connectivity index (χ4v) is 1.31. The smallest absolute Gasteiger partial charge is 0.254 e. The number of carbonyl (C=O) groups is 1. The normalized spacial score (nSPS) is 14.2. The van der Waals surface area contributed by atoms with Gasteiger partial charge in [0, 0.05) is 17.6 Å². The van der Waals surface area contributed by atoms with Crippen LogP contribution in [0.4, 0.5) is 4.39 Å². The van der Waals surface area contributed by atoms with Gasteiger partial charge in [0.2, 0.25) is 0 Å². The topological polar surface area (TPSA) is 75.3 Å². The number of amides is 1. The number of aliphatic hydroxyl groups excluding tert-OH is 1. The number of halogens is 2. The van der Waals surface area contributed by atoms with Crippen LogP contribution in [0.5, 0.6) is 0 Å². The van der Waals surface area contributed by atoms with Gasteiger partial charge in [-0.2, -0.15) is 0 Å². The zero-order valence-electron chi connectivity index (χ0n) is 9.28. The Morgan fingerprint density at radius 2 is 2.29 bits per heavy atom. The van der Waals surface area contributed by atoms with Crippen LogP contribution in [-0.4, -0.2) is 29.7 Å². The van der Waals surface area contributed by atoms with Gasteiger partial charge in [-0.3, -0.25) is 4.79 Å². The summed E-state index contributed by atoms with van der Waals surface area (Å²) in [6, 6.07) is 3.19. The van der Waals surface area contributed by atoms with Crippen molar-refractivity contribution in [2.75, 3.05) is 6.54 Å². The van der Waals surface area contributed by atoms with E-state index in [-0.39, 0.29) is 17.1 Å². The molecule has 4 nitrogen and oxygen atoms in total. The number of carbonyl (C=O) groups excluding carboxylic acids is 1. The molecule has 1 aromatic carbocycles. The zero-order valence-corrected chi connectivity index (χ0v) is 10.0. The zero-order chi connectivity index (χ0) is 13.0. The second kappa shape index (κ2) is 5.95. The molecule has 1 aromatic rings. The standard InChI is InChI=1S/C11H14ClFN2O2/c1-6(16)10(14)5-15-11(17)8-3-2-7(12)4-9(8)13/h2-4,6,10,16H,5,14H2,1H3,(H,15,17). The Morgan fingerprint density at radius 3 is 2.82 bits per heavy atom. The van der Waals surface area contributed by atoms with E-state index in [0.29, 0.717) is 0 Å². The lowest BCUT2D eigenvalue weighted by molar-refractivity contribution is 0.0933. The van der Waals surface area contributed by atoms with Crippen LogP contribution in [0.2, 0.25) is 5.02 Å². The van der Waals surface area contributed by atoms with Crippen LogP contribution in [0, 0.1) is 5.82 Å². The summed E-state index contributed by atoms with van der Waals surface area (Å²) in [5.74, 6) is -1.28. The summed E-state index contributed by atoms with van der Waals surface area (Å²) in [6.45, 7) is 1.58. The first-order valence-corrected chi connectivity index (χ1v) is 5.46. The third kappa shape index (κ3) is 3.96. The molecular weight excluding hydrogens is 247 g/mol. The van der Waals surface area contributed by atoms with E-state index in [1.165, 1.54) is 19.1 Å². The Labute approximate surface area is 104 Å². The van der Waals surface area contributed by atoms with Crippen LogP contribution in [0.25, 0.3) is 0 Å². The summed E-state index contributed by atoms with van der Waals surface area (Å²) in [4.78, 5) is 11.6. The number of hydrogen-bond acceptors (Lipinski definition) is 3. The molecule has 0 radical (unpaired) electrons. The average molecular weight is 261 g/mol. The number of nitrogens with one attached hydrogen (secondary N) is 1. The van der Waals surface area contributed by atoms with E-state index < -0.39 is 23.9 Å². The van der Waals surface area contributed by atoms with Gasteiger partial charge in [0.1, 0.15) is 5.82 Å². The minimum absolute atomic E-state index is 0.0680. The number of nitrogens with two attached hydrogens (primary N) is 1. The molecule has 1 rings (SSSR count). The van der Waals surface area contributed by atoms with Crippen LogP contribution < -0.4 is 11.1 Å². The molecule has 0 aromatic heterocycles. The monoisotopic (exact) mass is 260 g/mol. The lowest BCUT2D eigenvalue weighted by Crippen LogP contribution is -2.43. The molecule has 4 N–H and O–H groups in total. The van der Waals surface area contributed by atoms with E-state index in [4.69, 9.17) is 22.4 Å². The summed E-state index contributed by atoms with van der Waals surface area (Å²) in [5, 5.41) is 11.8. The maximum Gasteiger partial charge on any atom is 0.254 e. The third-order valence-corrected chi connectivity index (χ3v) is 2.53. The Morgan fingerprint density at radius 1 is 1.65 bits per heavy atom. The van der Waals surface area contributed by atoms with Gasteiger partial charge in [-0.1, -0.05) is 11.6 Å². The van der Waals surface area contributed by atoms with E-state index >= 15 is 0 Å². The molecule has 17 heavy (non-hydrogen) atoms. The van der Waals surface area contributed by atoms with Gasteiger partial charge in [0.15, 0.2) is 0 Å². The lowest BCUT2D eigenvalue weighted by Gasteiger charge is -2.15. The van der Waals surface area contributed by atoms with Crippen molar-refractivity contribution in [1.29, 1.82) is 0 Å². The Hall–Kier alpha value is -1.17. The van der Waals surface area contributed by atoms with Gasteiger partial charge in [-0.15, -0.1) is 0 Å². The highest BCUT2D eigenvalue weighted by atomic mass is 35.5. The molecule has 1 amide bonds. The molecule has 2 atom stereocenters. The van der Waals surface area contributed by atoms with Crippen LogP contribution >= 0.6 is 11.6 Å². The van der Waals surface area contributed by atoms with Crippen molar-refractivity contribution >= 4 is 17.5 Å². The molecule has 94 valence electrons. The first-order chi connectivity index (χ1) is 7.91. The van der Waals surface area contributed by atoms with E-state index in [2.05, 4.69) is 5.32 Å². The molecule has 0 fully saturated rings. The van der Waals surface area contributed by atoms with Crippen LogP contribution in [-0.2, 0) is 0 Å². The number of aliphatic hydroxyl groups is 1. The SMILES string of the molecule is CC(O)C(N)CNC(=O)c1ccc(Cl)cc1F. The summed E-state index contributed by atoms with van der Waals surface area (Å²) in [7, 11) is 0. The van der Waals surface area contributed by atoms with Crippen molar-refractivity contribution in [1.82, 2.24) is 5.32 Å². The molecule has 0 saturated carbocycles. The Bertz CT molecular complexity index is 412. The number of rotatable bonds is 4. The highest BCUT2D eigenvalue weighted by molar-refractivity contribution is 6.30. The maximum atomic E-state index is 13.4. The first kappa shape index (κ1) is 13.9. The predicted octanol–water partition coefficient (Wildman–Crippen LogP) is 0.917. The summed E-state index contributed by atoms with van der Waals surface area (Å²) < 4.78 is 13.4. The number of benzene rings is 1. The fourth-order valence-electron chi connectivity index (χ4n) is 1.15. The third-order valence-electron chi connectivity index (χ3n) is 2.29. The second-order valence-electron chi connectivity index (χ2n) is 3.74. The molecule has 0 aliphatic heterocycles. The lowest BCUT2D eigenvalue weighted by atomic mass is 10.1. The second-order valence-corrected chi connectivity index (χ2v) is 4.18. The van der Waals surface area contributed by atoms with Gasteiger partial charge in [-0.25, -0.2) is 4.39 Å². The van der Waals surface area contributed by atoms with Crippen molar-refractivity contribution < 1.29 is 14.3 Å². The highest BCUT2D eigenvalue weighted by Crippen LogP contribution is 2.14. The van der Waals surface area contributed by atoms with Gasteiger partial charge in [0.25, 0.3) is 5.91 Å². The fraction of sp³-hybridized carbons (Fsp3) is 0.364. The summed E-state index contributed by atoms with van der Waals surface area (Å²) in [6.07, 6.45) is -0.745. The molecule has 0 aliphatic rings. The van der Waals surface area contributed by atoms with Crippen LogP contribution in [0.3, 0.4) is 0 Å². The van der Waals surface area contributed by atoms with Crippen molar-refractivity contribution in [3.05, 3.63) is 34.6 Å². The number of hydrogen-bond donors (Lipinski definition) is 3. The highest BCUT2D eigenvalue weighted by Gasteiger charge is 2.14. The molecule has 2 unspecified atom stereocenters. The van der Waals surface area contributed by atoms with Gasteiger partial charge >= 0.3 is 0 Å². The molecule has 0 saturated heterocycles. The van der Waals surface area contributed by atoms with E-state index in [1.807, 2.05) is 0 Å². The van der Waals surface area contributed by atoms with E-state index in [0.717, 1.165) is 6.07 Å². The summed E-state index contributed by atoms with van der Waals surface area (Å²) >= 11 is 5.57. The van der Waals surface area contributed by atoms with E-state index in [1.54, 1.807) is 0 Å². The quantitative estimate of drug-likeness (QED) is 0.753. The van der Waals surface area contributed by atoms with Gasteiger partial charge in [-0.05, 0) is 25.1 Å². The van der Waals surface area contributed by atoms with Crippen LogP contribution in [0.1, 0.15) is 17.3 Å². The Kier molecular flexibility index (Phi) is 4.86. The molecule has 6 heteroatoms. The van der Waals surface area contributed by atoms with Crippen molar-refractivity contribution in [2.24, 2.45) is 5.73 Å². The van der Waals surface area contributed by atoms with E-state index in [9.17, 15) is 9.18 Å². The molecule has 0 spiro atoms. The maximum absolute atomic E-state index is 13.4. The molecule has 0 aliphatic carbocycles. The van der Waals surface area contributed by atoms with Crippen LogP contribution in [0.15, 0.2) is 18.2 Å². The average Bonchev–Trinajstić information content (AvgIpc) is 2.25. The van der Waals surface area contributed by atoms with Gasteiger partial charge < -0.3 is 16.2 Å². The molecule has 0 bridgehead atoms.